The molecule has 26 heavy (non-hydrogen) atoms. The van der Waals surface area contributed by atoms with Crippen molar-refractivity contribution >= 4 is 17.8 Å². The van der Waals surface area contributed by atoms with Crippen molar-refractivity contribution in [1.82, 2.24) is 10.2 Å². The number of hydrogen-bond acceptors (Lipinski definition) is 6. The number of aromatic nitrogens is 2. The molecular weight excluding hydrogens is 348 g/mol. The van der Waals surface area contributed by atoms with Crippen molar-refractivity contribution in [2.75, 3.05) is 12.4 Å². The zero-order valence-corrected chi connectivity index (χ0v) is 15.2. The predicted octanol–water partition coefficient (Wildman–Crippen LogP) is 4.29. The van der Waals surface area contributed by atoms with Crippen LogP contribution in [0, 0.1) is 0 Å². The molecule has 1 atom stereocenters. The van der Waals surface area contributed by atoms with E-state index >= 15 is 0 Å². The van der Waals surface area contributed by atoms with E-state index < -0.39 is 0 Å². The fourth-order valence-corrected chi connectivity index (χ4v) is 3.50. The van der Waals surface area contributed by atoms with Crippen molar-refractivity contribution in [2.45, 2.75) is 12.2 Å². The number of benzene rings is 2. The van der Waals surface area contributed by atoms with Crippen molar-refractivity contribution in [3.8, 4) is 17.2 Å². The molecule has 3 rings (SSSR count). The summed E-state index contributed by atoms with van der Waals surface area (Å²) in [6.07, 6.45) is 3.52. The Morgan fingerprint density at radius 3 is 2.58 bits per heavy atom. The van der Waals surface area contributed by atoms with E-state index in [1.54, 1.807) is 30.0 Å². The molecule has 1 aromatic heterocycles. The summed E-state index contributed by atoms with van der Waals surface area (Å²) in [5.74, 6) is 1.98. The van der Waals surface area contributed by atoms with Crippen LogP contribution in [0.15, 0.2) is 59.0 Å². The topological polar surface area (TPSA) is 79.4 Å². The van der Waals surface area contributed by atoms with Gasteiger partial charge in [-0.2, -0.15) is 0 Å². The first-order valence-electron chi connectivity index (χ1n) is 8.33. The van der Waals surface area contributed by atoms with Gasteiger partial charge in [-0.15, -0.1) is 22.0 Å². The number of nitrogens with zero attached hydrogens (tertiary/aromatic N) is 2. The molecular formula is C20H20N2O3S. The lowest BCUT2D eigenvalue weighted by Crippen LogP contribution is -1.98. The number of hydrogen-bond donors (Lipinski definition) is 2. The maximum atomic E-state index is 10.2. The Kier molecular flexibility index (Phi) is 6.09. The summed E-state index contributed by atoms with van der Waals surface area (Å²) in [7, 11) is 0. The second-order valence-corrected chi connectivity index (χ2v) is 6.93. The summed E-state index contributed by atoms with van der Waals surface area (Å²) in [5, 5.41) is 27.2. The first kappa shape index (κ1) is 18.2. The van der Waals surface area contributed by atoms with Gasteiger partial charge >= 0.3 is 0 Å². The fourth-order valence-electron chi connectivity index (χ4n) is 2.55. The molecule has 0 bridgehead atoms. The number of rotatable bonds is 7. The third kappa shape index (κ3) is 4.15. The van der Waals surface area contributed by atoms with Crippen LogP contribution < -0.4 is 0 Å². The zero-order chi connectivity index (χ0) is 18.4. The van der Waals surface area contributed by atoms with Gasteiger partial charge in [-0.3, -0.25) is 0 Å². The largest absolute Gasteiger partial charge is 0.508 e. The van der Waals surface area contributed by atoms with Gasteiger partial charge < -0.3 is 14.6 Å². The fraction of sp³-hybridized carbons (Fsp3) is 0.200. The minimum absolute atomic E-state index is 0.0115. The molecule has 0 aliphatic heterocycles. The van der Waals surface area contributed by atoms with E-state index in [1.807, 2.05) is 49.4 Å². The van der Waals surface area contributed by atoms with Crippen molar-refractivity contribution in [3.05, 3.63) is 71.6 Å². The standard InChI is InChI=1S/C20H20N2O3S/c1-2-26-18(16-7-3-4-8-17(16)24)20-22-21-19(25-20)15-11-9-14(10-12-15)6-5-13-23/h3-12,18,23-24H,2,13H2,1H3. The van der Waals surface area contributed by atoms with E-state index in [-0.39, 0.29) is 17.6 Å². The van der Waals surface area contributed by atoms with Crippen LogP contribution in [0.25, 0.3) is 17.5 Å². The average molecular weight is 368 g/mol. The van der Waals surface area contributed by atoms with E-state index in [0.29, 0.717) is 11.8 Å². The molecule has 134 valence electrons. The minimum atomic E-state index is -0.214. The molecule has 0 amide bonds. The molecule has 0 radical (unpaired) electrons. The van der Waals surface area contributed by atoms with Crippen molar-refractivity contribution in [2.24, 2.45) is 0 Å². The molecule has 2 aromatic carbocycles. The Balaban J connectivity index is 1.87. The van der Waals surface area contributed by atoms with E-state index in [9.17, 15) is 5.11 Å². The molecule has 3 aromatic rings. The summed E-state index contributed by atoms with van der Waals surface area (Å²) < 4.78 is 5.90. The van der Waals surface area contributed by atoms with Crippen molar-refractivity contribution < 1.29 is 14.6 Å². The molecule has 1 heterocycles. The summed E-state index contributed by atoms with van der Waals surface area (Å²) in [6.45, 7) is 2.06. The minimum Gasteiger partial charge on any atom is -0.508 e. The van der Waals surface area contributed by atoms with Crippen molar-refractivity contribution in [3.63, 3.8) is 0 Å². The highest BCUT2D eigenvalue weighted by Crippen LogP contribution is 2.39. The quantitative estimate of drug-likeness (QED) is 0.648. The Morgan fingerprint density at radius 2 is 1.88 bits per heavy atom. The number of phenolic OH excluding ortho intramolecular Hbond substituents is 1. The molecule has 2 N–H and O–H groups in total. The lowest BCUT2D eigenvalue weighted by Gasteiger charge is -2.13. The smallest absolute Gasteiger partial charge is 0.247 e. The van der Waals surface area contributed by atoms with E-state index in [2.05, 4.69) is 10.2 Å². The van der Waals surface area contributed by atoms with Crippen LogP contribution in [0.1, 0.15) is 29.2 Å². The number of aliphatic hydroxyl groups excluding tert-OH is 1. The molecule has 5 nitrogen and oxygen atoms in total. The third-order valence-electron chi connectivity index (χ3n) is 3.79. The Morgan fingerprint density at radius 1 is 1.12 bits per heavy atom. The Hall–Kier alpha value is -2.57. The summed E-state index contributed by atoms with van der Waals surface area (Å²) in [4.78, 5) is 0. The maximum Gasteiger partial charge on any atom is 0.247 e. The number of phenols is 1. The van der Waals surface area contributed by atoms with Crippen LogP contribution in [-0.2, 0) is 0 Å². The summed E-state index contributed by atoms with van der Waals surface area (Å²) in [5.41, 5.74) is 2.57. The zero-order valence-electron chi connectivity index (χ0n) is 14.4. The van der Waals surface area contributed by atoms with Crippen LogP contribution in [0.3, 0.4) is 0 Å². The normalized spacial score (nSPS) is 12.5. The molecule has 0 fully saturated rings. The second kappa shape index (κ2) is 8.69. The summed E-state index contributed by atoms with van der Waals surface area (Å²) >= 11 is 1.63. The van der Waals surface area contributed by atoms with Gasteiger partial charge in [-0.05, 0) is 29.5 Å². The second-order valence-electron chi connectivity index (χ2n) is 5.55. The van der Waals surface area contributed by atoms with Gasteiger partial charge in [0.05, 0.1) is 6.61 Å². The Bertz CT molecular complexity index is 875. The number of para-hydroxylation sites is 1. The molecule has 0 saturated carbocycles. The lowest BCUT2D eigenvalue weighted by molar-refractivity contribution is 0.343. The predicted molar refractivity (Wildman–Crippen MR) is 104 cm³/mol. The van der Waals surface area contributed by atoms with Crippen LogP contribution >= 0.6 is 11.8 Å². The highest BCUT2D eigenvalue weighted by molar-refractivity contribution is 7.99. The maximum absolute atomic E-state index is 10.2. The van der Waals surface area contributed by atoms with Gasteiger partial charge in [0.25, 0.3) is 0 Å². The average Bonchev–Trinajstić information content (AvgIpc) is 3.15. The number of aromatic hydroxyl groups is 1. The molecule has 0 aliphatic rings. The van der Waals surface area contributed by atoms with Crippen LogP contribution in [0.2, 0.25) is 0 Å². The first-order valence-corrected chi connectivity index (χ1v) is 9.38. The molecule has 1 unspecified atom stereocenters. The number of thioether (sulfide) groups is 1. The van der Waals surface area contributed by atoms with Crippen LogP contribution in [0.5, 0.6) is 5.75 Å². The molecule has 0 spiro atoms. The summed E-state index contributed by atoms with van der Waals surface area (Å²) in [6, 6.07) is 14.8. The van der Waals surface area contributed by atoms with Crippen molar-refractivity contribution in [1.29, 1.82) is 0 Å². The van der Waals surface area contributed by atoms with Gasteiger partial charge in [0.1, 0.15) is 11.0 Å². The monoisotopic (exact) mass is 368 g/mol. The third-order valence-corrected chi connectivity index (χ3v) is 4.91. The first-order chi connectivity index (χ1) is 12.7. The lowest BCUT2D eigenvalue weighted by atomic mass is 10.1. The molecule has 6 heteroatoms. The van der Waals surface area contributed by atoms with Gasteiger partial charge in [-0.25, -0.2) is 0 Å². The highest BCUT2D eigenvalue weighted by atomic mass is 32.2. The van der Waals surface area contributed by atoms with Gasteiger partial charge in [-0.1, -0.05) is 49.4 Å². The van der Waals surface area contributed by atoms with Gasteiger partial charge in [0.15, 0.2) is 0 Å². The van der Waals surface area contributed by atoms with Crippen LogP contribution in [0.4, 0.5) is 0 Å². The Labute approximate surface area is 156 Å². The van der Waals surface area contributed by atoms with Gasteiger partial charge in [0.2, 0.25) is 11.8 Å². The van der Waals surface area contributed by atoms with E-state index in [1.165, 1.54) is 0 Å². The van der Waals surface area contributed by atoms with Crippen LogP contribution in [-0.4, -0.2) is 32.8 Å². The SMILES string of the molecule is CCSC(c1nnc(-c2ccc(C=CCO)cc2)o1)c1ccccc1O. The molecule has 0 aliphatic carbocycles. The van der Waals surface area contributed by atoms with E-state index in [4.69, 9.17) is 9.52 Å². The molecule has 0 saturated heterocycles. The number of aliphatic hydroxyl groups is 1. The van der Waals surface area contributed by atoms with E-state index in [0.717, 1.165) is 22.4 Å². The van der Waals surface area contributed by atoms with Gasteiger partial charge in [0, 0.05) is 11.1 Å². The highest BCUT2D eigenvalue weighted by Gasteiger charge is 2.23.